The average molecular weight is 638 g/mol. The van der Waals surface area contributed by atoms with Gasteiger partial charge in [-0.05, 0) is 57.3 Å². The Kier molecular flexibility index (Phi) is 11.8. The molecule has 1 aliphatic heterocycles. The maximum Gasteiger partial charge on any atom is 0.447 e. The van der Waals surface area contributed by atoms with Gasteiger partial charge in [-0.25, -0.2) is 4.98 Å². The number of ether oxygens (including phenoxy) is 3. The highest BCUT2D eigenvalue weighted by molar-refractivity contribution is 8.00. The normalized spacial score (nSPS) is 17.3. The number of rotatable bonds is 14. The molecular weight excluding hydrogens is 599 g/mol. The standard InChI is InChI=1S/C29H38F3N7O4S/c1-5-7-24-28(44-29(30,31)32)39-11-6-8-23(25(39)35-24)34-22-9-12-37(3)18-20(22)10-14-42-16-17-43-15-13-38-19-21(26(40)33-2)27(36-38)41-4/h6,8,11,19-20,22,34H,9-10,12-18H2,1-4H3,(H,33,40)/t20-,22-/m0/s1. The monoisotopic (exact) mass is 637 g/mol. The van der Waals surface area contributed by atoms with E-state index in [1.807, 2.05) is 6.07 Å². The van der Waals surface area contributed by atoms with Crippen LogP contribution in [0.4, 0.5) is 18.9 Å². The van der Waals surface area contributed by atoms with E-state index >= 15 is 0 Å². The van der Waals surface area contributed by atoms with E-state index in [2.05, 4.69) is 44.5 Å². The van der Waals surface area contributed by atoms with Crippen molar-refractivity contribution in [2.75, 3.05) is 66.0 Å². The van der Waals surface area contributed by atoms with E-state index < -0.39 is 5.51 Å². The number of nitrogens with one attached hydrogen (secondary N) is 2. The van der Waals surface area contributed by atoms with E-state index in [4.69, 9.17) is 14.2 Å². The Morgan fingerprint density at radius 2 is 2.00 bits per heavy atom. The summed E-state index contributed by atoms with van der Waals surface area (Å²) in [5, 5.41) is 10.3. The summed E-state index contributed by atoms with van der Waals surface area (Å²) in [4.78, 5) is 18.7. The van der Waals surface area contributed by atoms with Crippen molar-refractivity contribution in [2.45, 2.75) is 42.9 Å². The van der Waals surface area contributed by atoms with E-state index in [0.717, 1.165) is 25.9 Å². The van der Waals surface area contributed by atoms with Crippen molar-refractivity contribution >= 4 is 29.0 Å². The molecule has 0 aromatic carbocycles. The van der Waals surface area contributed by atoms with Gasteiger partial charge in [0.2, 0.25) is 5.88 Å². The van der Waals surface area contributed by atoms with Crippen molar-refractivity contribution in [3.8, 4) is 17.7 Å². The third kappa shape index (κ3) is 8.81. The van der Waals surface area contributed by atoms with Gasteiger partial charge < -0.3 is 29.7 Å². The summed E-state index contributed by atoms with van der Waals surface area (Å²) < 4.78 is 59.7. The maximum absolute atomic E-state index is 13.3. The van der Waals surface area contributed by atoms with Gasteiger partial charge in [0.1, 0.15) is 16.3 Å². The van der Waals surface area contributed by atoms with Crippen LogP contribution in [0.5, 0.6) is 5.88 Å². The molecule has 1 aliphatic rings. The summed E-state index contributed by atoms with van der Waals surface area (Å²) in [7, 11) is 5.09. The van der Waals surface area contributed by atoms with E-state index in [-0.39, 0.29) is 46.2 Å². The largest absolute Gasteiger partial charge is 0.479 e. The van der Waals surface area contributed by atoms with Crippen LogP contribution >= 0.6 is 11.8 Å². The minimum atomic E-state index is -4.46. The Hall–Kier alpha value is -3.45. The Balaban J connectivity index is 1.28. The number of fused-ring (bicyclic) bond motifs is 1. The predicted molar refractivity (Wildman–Crippen MR) is 161 cm³/mol. The van der Waals surface area contributed by atoms with Crippen LogP contribution in [-0.2, 0) is 16.0 Å². The lowest BCUT2D eigenvalue weighted by atomic mass is 9.89. The predicted octanol–water partition coefficient (Wildman–Crippen LogP) is 3.74. The summed E-state index contributed by atoms with van der Waals surface area (Å²) in [5.74, 6) is 5.64. The van der Waals surface area contributed by atoms with Crippen LogP contribution in [0.15, 0.2) is 29.6 Å². The number of thioether (sulfide) groups is 1. The summed E-state index contributed by atoms with van der Waals surface area (Å²) in [6, 6.07) is 3.66. The summed E-state index contributed by atoms with van der Waals surface area (Å²) >= 11 is -0.205. The average Bonchev–Trinajstić information content (AvgIpc) is 3.56. The number of carbonyl (C=O) groups is 1. The summed E-state index contributed by atoms with van der Waals surface area (Å²) in [6.45, 7) is 5.58. The number of hydrogen-bond donors (Lipinski definition) is 2. The first-order valence-corrected chi connectivity index (χ1v) is 15.1. The molecular formula is C29H38F3N7O4S. The lowest BCUT2D eigenvalue weighted by Gasteiger charge is -2.37. The topological polar surface area (TPSA) is 107 Å². The van der Waals surface area contributed by atoms with Gasteiger partial charge >= 0.3 is 5.51 Å². The molecule has 0 unspecified atom stereocenters. The quantitative estimate of drug-likeness (QED) is 0.155. The zero-order chi connectivity index (χ0) is 31.7. The first-order valence-electron chi connectivity index (χ1n) is 14.3. The number of methoxy groups -OCH3 is 1. The second-order valence-electron chi connectivity index (χ2n) is 10.3. The first kappa shape index (κ1) is 33.4. The van der Waals surface area contributed by atoms with Gasteiger partial charge in [-0.3, -0.25) is 13.9 Å². The first-order chi connectivity index (χ1) is 21.1. The summed E-state index contributed by atoms with van der Waals surface area (Å²) in [5.41, 5.74) is -2.90. The molecule has 2 N–H and O–H groups in total. The fourth-order valence-corrected chi connectivity index (χ4v) is 5.79. The number of anilines is 1. The second kappa shape index (κ2) is 15.5. The molecule has 0 radical (unpaired) electrons. The van der Waals surface area contributed by atoms with E-state index in [1.54, 1.807) is 37.1 Å². The molecule has 0 bridgehead atoms. The molecule has 11 nitrogen and oxygen atoms in total. The number of carbonyl (C=O) groups excluding carboxylic acids is 1. The molecule has 4 heterocycles. The third-order valence-electron chi connectivity index (χ3n) is 7.20. The number of halogens is 3. The Morgan fingerprint density at radius 3 is 2.70 bits per heavy atom. The molecule has 2 atom stereocenters. The van der Waals surface area contributed by atoms with Crippen molar-refractivity contribution < 1.29 is 32.2 Å². The Labute approximate surface area is 258 Å². The van der Waals surface area contributed by atoms with Gasteiger partial charge in [0.05, 0.1) is 39.2 Å². The van der Waals surface area contributed by atoms with Crippen molar-refractivity contribution in [1.82, 2.24) is 29.4 Å². The van der Waals surface area contributed by atoms with Crippen LogP contribution in [0.1, 0.15) is 35.8 Å². The van der Waals surface area contributed by atoms with Crippen LogP contribution in [-0.4, -0.2) is 102 Å². The maximum atomic E-state index is 13.3. The molecule has 0 saturated carbocycles. The molecule has 15 heteroatoms. The van der Waals surface area contributed by atoms with Gasteiger partial charge in [-0.15, -0.1) is 5.10 Å². The van der Waals surface area contributed by atoms with Crippen molar-refractivity contribution in [3.05, 3.63) is 35.8 Å². The van der Waals surface area contributed by atoms with Crippen LogP contribution in [0.3, 0.4) is 0 Å². The van der Waals surface area contributed by atoms with Crippen LogP contribution < -0.4 is 15.4 Å². The smallest absolute Gasteiger partial charge is 0.447 e. The number of likely N-dealkylation sites (tertiary alicyclic amines) is 1. The highest BCUT2D eigenvalue weighted by Gasteiger charge is 2.34. The van der Waals surface area contributed by atoms with E-state index in [1.165, 1.54) is 11.5 Å². The molecule has 4 rings (SSSR count). The van der Waals surface area contributed by atoms with E-state index in [0.29, 0.717) is 49.9 Å². The summed E-state index contributed by atoms with van der Waals surface area (Å²) in [6.07, 6.45) is 4.88. The van der Waals surface area contributed by atoms with Gasteiger partial charge in [-0.2, -0.15) is 13.2 Å². The molecule has 1 saturated heterocycles. The number of piperidine rings is 1. The Bertz CT molecular complexity index is 1470. The number of aromatic nitrogens is 4. The number of amides is 1. The van der Waals surface area contributed by atoms with Gasteiger partial charge in [-0.1, -0.05) is 5.92 Å². The number of imidazole rings is 1. The second-order valence-corrected chi connectivity index (χ2v) is 11.3. The highest BCUT2D eigenvalue weighted by atomic mass is 32.2. The minimum absolute atomic E-state index is 0.0426. The molecule has 3 aromatic heterocycles. The van der Waals surface area contributed by atoms with E-state index in [9.17, 15) is 18.0 Å². The van der Waals surface area contributed by atoms with Gasteiger partial charge in [0.15, 0.2) is 5.65 Å². The zero-order valence-electron chi connectivity index (χ0n) is 25.2. The number of nitrogens with zero attached hydrogens (tertiary/aromatic N) is 5. The molecule has 44 heavy (non-hydrogen) atoms. The molecule has 240 valence electrons. The number of pyridine rings is 1. The fraction of sp³-hybridized carbons (Fsp3) is 0.552. The number of hydrogen-bond acceptors (Lipinski definition) is 9. The van der Waals surface area contributed by atoms with Crippen molar-refractivity contribution in [3.63, 3.8) is 0 Å². The molecule has 0 aliphatic carbocycles. The SMILES string of the molecule is CC#Cc1nc2c(N[C@H]3CCN(C)C[C@@H]3CCOCCOCCn3cc(C(=O)NC)c(OC)n3)cccn2c1SC(F)(F)F. The minimum Gasteiger partial charge on any atom is -0.479 e. The van der Waals surface area contributed by atoms with Gasteiger partial charge in [0.25, 0.3) is 5.91 Å². The van der Waals surface area contributed by atoms with Crippen molar-refractivity contribution in [1.29, 1.82) is 0 Å². The van der Waals surface area contributed by atoms with Crippen LogP contribution in [0.25, 0.3) is 5.65 Å². The number of alkyl halides is 3. The lowest BCUT2D eigenvalue weighted by molar-refractivity contribution is -0.0330. The molecule has 1 amide bonds. The molecule has 1 fully saturated rings. The fourth-order valence-electron chi connectivity index (χ4n) is 5.14. The molecule has 0 spiro atoms. The Morgan fingerprint density at radius 1 is 1.23 bits per heavy atom. The van der Waals surface area contributed by atoms with Crippen LogP contribution in [0, 0.1) is 17.8 Å². The lowest BCUT2D eigenvalue weighted by Crippen LogP contribution is -2.45. The highest BCUT2D eigenvalue weighted by Crippen LogP contribution is 2.39. The molecule has 3 aromatic rings. The van der Waals surface area contributed by atoms with Crippen LogP contribution in [0.2, 0.25) is 0 Å². The zero-order valence-corrected chi connectivity index (χ0v) is 26.1. The van der Waals surface area contributed by atoms with Crippen molar-refractivity contribution in [2.24, 2.45) is 5.92 Å². The third-order valence-corrected chi connectivity index (χ3v) is 8.02. The van der Waals surface area contributed by atoms with Gasteiger partial charge in [0, 0.05) is 50.4 Å².